The van der Waals surface area contributed by atoms with E-state index in [2.05, 4.69) is 12.2 Å². The Balaban J connectivity index is 2.27. The van der Waals surface area contributed by atoms with E-state index in [0.717, 1.165) is 19.3 Å². The minimum atomic E-state index is -1.47. The molecule has 0 radical (unpaired) electrons. The Morgan fingerprint density at radius 1 is 1.07 bits per heavy atom. The molecule has 1 fully saturated rings. The fourth-order valence-corrected chi connectivity index (χ4v) is 3.03. The second-order valence-electron chi connectivity index (χ2n) is 7.25. The van der Waals surface area contributed by atoms with Crippen LogP contribution in [0.3, 0.4) is 0 Å². The van der Waals surface area contributed by atoms with Gasteiger partial charge in [0.2, 0.25) is 5.91 Å². The van der Waals surface area contributed by atoms with E-state index in [4.69, 9.17) is 14.6 Å². The molecule has 1 amide bonds. The molecule has 1 aliphatic rings. The zero-order chi connectivity index (χ0) is 21.1. The zero-order valence-electron chi connectivity index (χ0n) is 16.7. The van der Waals surface area contributed by atoms with Gasteiger partial charge in [-0.15, -0.1) is 0 Å². The molecule has 6 atom stereocenters. The molecule has 0 aromatic heterocycles. The average molecular weight is 405 g/mol. The number of nitrogens with one attached hydrogen (secondary N) is 1. The van der Waals surface area contributed by atoms with E-state index in [1.807, 2.05) is 0 Å². The number of aliphatic hydroxyl groups is 4. The maximum Gasteiger partial charge on any atom is 0.220 e. The smallest absolute Gasteiger partial charge is 0.220 e. The summed E-state index contributed by atoms with van der Waals surface area (Å²) in [6.07, 6.45) is -1.61. The van der Waals surface area contributed by atoms with Gasteiger partial charge in [-0.25, -0.2) is 0 Å². The van der Waals surface area contributed by atoms with Crippen LogP contribution in [0.4, 0.5) is 0 Å². The molecule has 28 heavy (non-hydrogen) atoms. The summed E-state index contributed by atoms with van der Waals surface area (Å²) in [6.45, 7) is 3.21. The van der Waals surface area contributed by atoms with Crippen molar-refractivity contribution in [2.24, 2.45) is 0 Å². The van der Waals surface area contributed by atoms with Crippen molar-refractivity contribution < 1.29 is 39.5 Å². The number of aliphatic hydroxyl groups excluding tert-OH is 4. The number of rotatable bonds is 13. The molecule has 0 aromatic rings. The lowest BCUT2D eigenvalue weighted by Crippen LogP contribution is -2.59. The van der Waals surface area contributed by atoms with E-state index >= 15 is 0 Å². The molecule has 0 spiro atoms. The van der Waals surface area contributed by atoms with Gasteiger partial charge in [-0.05, 0) is 26.2 Å². The number of unbranched alkanes of at least 4 members (excludes halogenated alkanes) is 3. The number of carbonyl (C=O) groups is 2. The van der Waals surface area contributed by atoms with E-state index in [-0.39, 0.29) is 24.7 Å². The minimum Gasteiger partial charge on any atom is -0.394 e. The van der Waals surface area contributed by atoms with Gasteiger partial charge in [0.15, 0.2) is 12.1 Å². The van der Waals surface area contributed by atoms with E-state index in [9.17, 15) is 24.9 Å². The highest BCUT2D eigenvalue weighted by molar-refractivity contribution is 5.87. The maximum absolute atomic E-state index is 12.0. The van der Waals surface area contributed by atoms with Gasteiger partial charge in [-0.3, -0.25) is 9.59 Å². The largest absolute Gasteiger partial charge is 0.394 e. The van der Waals surface area contributed by atoms with Gasteiger partial charge in [-0.1, -0.05) is 26.2 Å². The normalized spacial score (nSPS) is 28.7. The van der Waals surface area contributed by atoms with E-state index in [1.165, 1.54) is 6.92 Å². The van der Waals surface area contributed by atoms with Crippen LogP contribution in [-0.2, 0) is 19.1 Å². The summed E-state index contributed by atoms with van der Waals surface area (Å²) in [4.78, 5) is 23.6. The van der Waals surface area contributed by atoms with Crippen LogP contribution >= 0.6 is 0 Å². The number of Topliss-reactive ketones (excluding diaryl/α,β-unsaturated/α-hetero) is 1. The molecular formula is C19H35NO8. The third-order valence-electron chi connectivity index (χ3n) is 4.85. The van der Waals surface area contributed by atoms with Gasteiger partial charge in [0.1, 0.15) is 24.4 Å². The molecule has 9 heteroatoms. The molecule has 5 unspecified atom stereocenters. The first-order valence-corrected chi connectivity index (χ1v) is 10.0. The van der Waals surface area contributed by atoms with Gasteiger partial charge in [0.25, 0.3) is 0 Å². The predicted octanol–water partition coefficient (Wildman–Crippen LogP) is -0.373. The molecule has 0 aromatic carbocycles. The van der Waals surface area contributed by atoms with Crippen molar-refractivity contribution in [3.8, 4) is 0 Å². The van der Waals surface area contributed by atoms with Gasteiger partial charge in [0, 0.05) is 13.0 Å². The highest BCUT2D eigenvalue weighted by Crippen LogP contribution is 2.22. The van der Waals surface area contributed by atoms with Crippen molar-refractivity contribution in [2.75, 3.05) is 13.2 Å². The van der Waals surface area contributed by atoms with E-state index in [1.54, 1.807) is 0 Å². The minimum absolute atomic E-state index is 0.0459. The first kappa shape index (κ1) is 24.9. The number of ketones is 1. The van der Waals surface area contributed by atoms with Crippen LogP contribution in [-0.4, -0.2) is 82.1 Å². The molecule has 9 nitrogen and oxygen atoms in total. The summed E-state index contributed by atoms with van der Waals surface area (Å²) in [7, 11) is 0. The van der Waals surface area contributed by atoms with Gasteiger partial charge in [0.05, 0.1) is 12.6 Å². The summed E-state index contributed by atoms with van der Waals surface area (Å²) in [6, 6.07) is -0.440. The Labute approximate surface area is 166 Å². The van der Waals surface area contributed by atoms with Crippen molar-refractivity contribution >= 4 is 11.7 Å². The number of amides is 1. The molecule has 1 aliphatic heterocycles. The molecule has 164 valence electrons. The topological polar surface area (TPSA) is 146 Å². The summed E-state index contributed by atoms with van der Waals surface area (Å²) < 4.78 is 10.6. The summed E-state index contributed by atoms with van der Waals surface area (Å²) >= 11 is 0. The standard InChI is InChI=1S/C19H35NO8/c1-3-4-5-8-13(12(2)22)20-15(23)9-6-7-10-27-19-18(26)17(25)16(24)14(11-21)28-19/h13-14,16-19,21,24-26H,3-11H2,1-2H3,(H,20,23)/t13-,14?,16?,17?,18?,19?/m1/s1. The van der Waals surface area contributed by atoms with Crippen molar-refractivity contribution in [1.82, 2.24) is 5.32 Å². The molecule has 1 saturated heterocycles. The van der Waals surface area contributed by atoms with Crippen LogP contribution in [0.15, 0.2) is 0 Å². The van der Waals surface area contributed by atoms with Crippen LogP contribution in [0.5, 0.6) is 0 Å². The number of hydrogen-bond donors (Lipinski definition) is 5. The van der Waals surface area contributed by atoms with Gasteiger partial charge in [-0.2, -0.15) is 0 Å². The summed E-state index contributed by atoms with van der Waals surface area (Å²) in [5.74, 6) is -0.236. The third-order valence-corrected chi connectivity index (χ3v) is 4.85. The first-order chi connectivity index (χ1) is 13.3. The van der Waals surface area contributed by atoms with E-state index < -0.39 is 43.4 Å². The number of carbonyl (C=O) groups excluding carboxylic acids is 2. The molecule has 1 heterocycles. The SMILES string of the molecule is CCCCC[C@@H](NC(=O)CCCCOC1OC(CO)C(O)C(O)C1O)C(C)=O. The lowest BCUT2D eigenvalue weighted by Gasteiger charge is -2.39. The summed E-state index contributed by atoms with van der Waals surface area (Å²) in [5.41, 5.74) is 0. The van der Waals surface area contributed by atoms with Crippen molar-refractivity contribution in [3.05, 3.63) is 0 Å². The molecular weight excluding hydrogens is 370 g/mol. The second-order valence-corrected chi connectivity index (χ2v) is 7.25. The molecule has 5 N–H and O–H groups in total. The van der Waals surface area contributed by atoms with Crippen LogP contribution in [0.25, 0.3) is 0 Å². The van der Waals surface area contributed by atoms with Crippen LogP contribution < -0.4 is 5.32 Å². The highest BCUT2D eigenvalue weighted by atomic mass is 16.7. The van der Waals surface area contributed by atoms with Crippen molar-refractivity contribution in [1.29, 1.82) is 0 Å². The Morgan fingerprint density at radius 3 is 2.39 bits per heavy atom. The molecule has 0 bridgehead atoms. The van der Waals surface area contributed by atoms with E-state index in [0.29, 0.717) is 19.3 Å². The van der Waals surface area contributed by atoms with Crippen LogP contribution in [0.1, 0.15) is 58.8 Å². The Morgan fingerprint density at radius 2 is 1.79 bits per heavy atom. The van der Waals surface area contributed by atoms with Crippen LogP contribution in [0, 0.1) is 0 Å². The highest BCUT2D eigenvalue weighted by Gasteiger charge is 2.43. The van der Waals surface area contributed by atoms with Gasteiger partial charge < -0.3 is 35.2 Å². The summed E-state index contributed by atoms with van der Waals surface area (Å²) in [5, 5.41) is 41.2. The average Bonchev–Trinajstić information content (AvgIpc) is 2.66. The number of hydrogen-bond acceptors (Lipinski definition) is 8. The van der Waals surface area contributed by atoms with Crippen molar-refractivity contribution in [3.63, 3.8) is 0 Å². The predicted molar refractivity (Wildman–Crippen MR) is 100 cm³/mol. The Hall–Kier alpha value is -1.10. The lowest BCUT2D eigenvalue weighted by molar-refractivity contribution is -0.301. The fourth-order valence-electron chi connectivity index (χ4n) is 3.03. The Bertz CT molecular complexity index is 473. The van der Waals surface area contributed by atoms with Gasteiger partial charge >= 0.3 is 0 Å². The van der Waals surface area contributed by atoms with Crippen LogP contribution in [0.2, 0.25) is 0 Å². The Kier molecular flexibility index (Phi) is 11.7. The first-order valence-electron chi connectivity index (χ1n) is 10.0. The van der Waals surface area contributed by atoms with Crippen molar-refractivity contribution in [2.45, 2.75) is 95.5 Å². The quantitative estimate of drug-likeness (QED) is 0.261. The number of ether oxygens (including phenoxy) is 2. The fraction of sp³-hybridized carbons (Fsp3) is 0.895. The monoisotopic (exact) mass is 405 g/mol. The zero-order valence-corrected chi connectivity index (χ0v) is 16.7. The third kappa shape index (κ3) is 8.10. The molecule has 1 rings (SSSR count). The second kappa shape index (κ2) is 13.2. The molecule has 0 saturated carbocycles. The lowest BCUT2D eigenvalue weighted by atomic mass is 9.99. The molecule has 0 aliphatic carbocycles. The maximum atomic E-state index is 12.0.